The van der Waals surface area contributed by atoms with Crippen LogP contribution in [-0.4, -0.2) is 9.78 Å². The molecule has 0 unspecified atom stereocenters. The number of rotatable bonds is 2. The molecule has 0 bridgehead atoms. The average Bonchev–Trinajstić information content (AvgIpc) is 2.83. The summed E-state index contributed by atoms with van der Waals surface area (Å²) in [6.07, 6.45) is 8.85. The van der Waals surface area contributed by atoms with Gasteiger partial charge in [-0.25, -0.2) is 0 Å². The van der Waals surface area contributed by atoms with E-state index in [4.69, 9.17) is 0 Å². The van der Waals surface area contributed by atoms with Crippen LogP contribution in [0.5, 0.6) is 0 Å². The van der Waals surface area contributed by atoms with Crippen LogP contribution < -0.4 is 0 Å². The monoisotopic (exact) mass is 434 g/mol. The molecule has 2 nitrogen and oxygen atoms in total. The summed E-state index contributed by atoms with van der Waals surface area (Å²) in [5.41, 5.74) is 3.76. The van der Waals surface area contributed by atoms with E-state index in [2.05, 4.69) is 30.4 Å². The van der Waals surface area contributed by atoms with Gasteiger partial charge in [0.1, 0.15) is 0 Å². The van der Waals surface area contributed by atoms with Gasteiger partial charge in [-0.05, 0) is 36.9 Å². The van der Waals surface area contributed by atoms with Crippen molar-refractivity contribution in [2.24, 2.45) is 0 Å². The summed E-state index contributed by atoms with van der Waals surface area (Å²) < 4.78 is 2.02. The Morgan fingerprint density at radius 3 is 2.68 bits per heavy atom. The molecule has 1 aromatic heterocycles. The van der Waals surface area contributed by atoms with Crippen molar-refractivity contribution >= 4 is 0 Å². The third-order valence-electron chi connectivity index (χ3n) is 4.01. The second-order valence-electron chi connectivity index (χ2n) is 5.18. The SMILES string of the molecule is Cc1c(C2CCCCC2)cnn1-c1[c-]cccc1.[Pt]. The normalized spacial score (nSPS) is 16.1. The van der Waals surface area contributed by atoms with Crippen LogP contribution in [0.4, 0.5) is 0 Å². The van der Waals surface area contributed by atoms with Crippen LogP contribution in [0.1, 0.15) is 49.3 Å². The Hall–Kier alpha value is -0.882. The van der Waals surface area contributed by atoms with Crippen LogP contribution in [0.15, 0.2) is 30.5 Å². The molecular formula is C16H19N2Pt-. The topological polar surface area (TPSA) is 17.8 Å². The van der Waals surface area contributed by atoms with E-state index < -0.39 is 0 Å². The Bertz CT molecular complexity index is 513. The predicted molar refractivity (Wildman–Crippen MR) is 73.0 cm³/mol. The first-order chi connectivity index (χ1) is 8.86. The van der Waals surface area contributed by atoms with Gasteiger partial charge in [0.25, 0.3) is 0 Å². The van der Waals surface area contributed by atoms with Gasteiger partial charge in [-0.15, -0.1) is 6.07 Å². The van der Waals surface area contributed by atoms with Gasteiger partial charge >= 0.3 is 0 Å². The Kier molecular flexibility index (Phi) is 4.98. The Balaban J connectivity index is 0.00000133. The van der Waals surface area contributed by atoms with Crippen LogP contribution in [-0.2, 0) is 21.1 Å². The maximum Gasteiger partial charge on any atom is 0.0530 e. The second kappa shape index (κ2) is 6.52. The summed E-state index contributed by atoms with van der Waals surface area (Å²) in [4.78, 5) is 0. The first-order valence-corrected chi connectivity index (χ1v) is 6.88. The number of hydrogen-bond acceptors (Lipinski definition) is 1. The molecule has 19 heavy (non-hydrogen) atoms. The van der Waals surface area contributed by atoms with Crippen LogP contribution in [0.25, 0.3) is 5.69 Å². The molecule has 1 aliphatic carbocycles. The smallest absolute Gasteiger partial charge is 0.0530 e. The maximum absolute atomic E-state index is 4.55. The molecule has 1 heterocycles. The molecule has 1 fully saturated rings. The van der Waals surface area contributed by atoms with E-state index >= 15 is 0 Å². The van der Waals surface area contributed by atoms with E-state index in [1.165, 1.54) is 43.4 Å². The molecule has 1 aromatic carbocycles. The minimum absolute atomic E-state index is 0. The third kappa shape index (κ3) is 3.00. The third-order valence-corrected chi connectivity index (χ3v) is 4.01. The number of para-hydroxylation sites is 1. The van der Waals surface area contributed by atoms with Gasteiger partial charge in [0.15, 0.2) is 0 Å². The molecule has 0 N–H and O–H groups in total. The van der Waals surface area contributed by atoms with E-state index in [0.717, 1.165) is 11.6 Å². The van der Waals surface area contributed by atoms with Gasteiger partial charge in [0, 0.05) is 26.8 Å². The number of nitrogens with zero attached hydrogens (tertiary/aromatic N) is 2. The largest absolute Gasteiger partial charge is 0.263 e. The Labute approximate surface area is 129 Å². The van der Waals surface area contributed by atoms with Crippen molar-refractivity contribution in [2.75, 3.05) is 0 Å². The van der Waals surface area contributed by atoms with E-state index in [9.17, 15) is 0 Å². The van der Waals surface area contributed by atoms with Gasteiger partial charge in [0.05, 0.1) is 6.20 Å². The molecule has 1 aliphatic rings. The summed E-state index contributed by atoms with van der Waals surface area (Å²) in [5.74, 6) is 0.719. The predicted octanol–water partition coefficient (Wildman–Crippen LogP) is 4.03. The fourth-order valence-electron chi connectivity index (χ4n) is 3.00. The van der Waals surface area contributed by atoms with Gasteiger partial charge < -0.3 is 0 Å². The first kappa shape index (κ1) is 14.5. The van der Waals surface area contributed by atoms with Crippen molar-refractivity contribution in [1.82, 2.24) is 9.78 Å². The van der Waals surface area contributed by atoms with Crippen molar-refractivity contribution in [3.63, 3.8) is 0 Å². The van der Waals surface area contributed by atoms with E-state index in [-0.39, 0.29) is 21.1 Å². The van der Waals surface area contributed by atoms with E-state index in [1.54, 1.807) is 0 Å². The fourth-order valence-corrected chi connectivity index (χ4v) is 3.00. The van der Waals surface area contributed by atoms with Gasteiger partial charge in [-0.2, -0.15) is 29.4 Å². The van der Waals surface area contributed by atoms with Crippen molar-refractivity contribution in [2.45, 2.75) is 44.9 Å². The number of benzene rings is 1. The zero-order valence-electron chi connectivity index (χ0n) is 11.2. The van der Waals surface area contributed by atoms with Crippen molar-refractivity contribution in [3.8, 4) is 5.69 Å². The summed E-state index contributed by atoms with van der Waals surface area (Å²) in [5, 5.41) is 4.55. The average molecular weight is 434 g/mol. The molecule has 0 saturated heterocycles. The minimum Gasteiger partial charge on any atom is -0.263 e. The summed E-state index contributed by atoms with van der Waals surface area (Å²) in [6, 6.07) is 11.3. The molecule has 3 rings (SSSR count). The summed E-state index contributed by atoms with van der Waals surface area (Å²) in [6.45, 7) is 2.18. The van der Waals surface area contributed by atoms with Gasteiger partial charge in [-0.1, -0.05) is 19.3 Å². The van der Waals surface area contributed by atoms with Gasteiger partial charge in [-0.3, -0.25) is 4.68 Å². The number of hydrogen-bond donors (Lipinski definition) is 0. The van der Waals surface area contributed by atoms with Crippen LogP contribution in [0, 0.1) is 13.0 Å². The first-order valence-electron chi connectivity index (χ1n) is 6.88. The summed E-state index contributed by atoms with van der Waals surface area (Å²) >= 11 is 0. The molecule has 2 aromatic rings. The maximum atomic E-state index is 4.55. The zero-order chi connectivity index (χ0) is 12.4. The van der Waals surface area contributed by atoms with Crippen LogP contribution in [0.2, 0.25) is 0 Å². The quantitative estimate of drug-likeness (QED) is 0.653. The molecule has 0 spiro atoms. The molecule has 0 amide bonds. The molecule has 104 valence electrons. The molecule has 1 saturated carbocycles. The van der Waals surface area contributed by atoms with Crippen LogP contribution >= 0.6 is 0 Å². The standard InChI is InChI=1S/C16H19N2.Pt/c1-13-16(14-8-4-2-5-9-14)12-17-18(13)15-10-6-3-7-11-15;/h3,6-7,10,12,14H,2,4-5,8-9H2,1H3;/q-1;. The Morgan fingerprint density at radius 2 is 2.00 bits per heavy atom. The molecule has 3 heteroatoms. The molecule has 0 radical (unpaired) electrons. The van der Waals surface area contributed by atoms with E-state index in [1.807, 2.05) is 22.9 Å². The summed E-state index contributed by atoms with van der Waals surface area (Å²) in [7, 11) is 0. The zero-order valence-corrected chi connectivity index (χ0v) is 13.5. The van der Waals surface area contributed by atoms with Gasteiger partial charge in [0.2, 0.25) is 0 Å². The minimum atomic E-state index is 0. The second-order valence-corrected chi connectivity index (χ2v) is 5.18. The van der Waals surface area contributed by atoms with Crippen molar-refractivity contribution < 1.29 is 21.1 Å². The fraction of sp³-hybridized carbons (Fsp3) is 0.438. The van der Waals surface area contributed by atoms with Crippen LogP contribution in [0.3, 0.4) is 0 Å². The molecular weight excluding hydrogens is 415 g/mol. The van der Waals surface area contributed by atoms with E-state index in [0.29, 0.717) is 0 Å². The molecule has 0 atom stereocenters. The molecule has 0 aliphatic heterocycles. The van der Waals surface area contributed by atoms with Crippen molar-refractivity contribution in [1.29, 1.82) is 0 Å². The number of aromatic nitrogens is 2. The Morgan fingerprint density at radius 1 is 1.21 bits per heavy atom. The van der Waals surface area contributed by atoms with Crippen molar-refractivity contribution in [3.05, 3.63) is 47.8 Å².